The summed E-state index contributed by atoms with van der Waals surface area (Å²) in [5, 5.41) is 0. The Morgan fingerprint density at radius 1 is 1.25 bits per heavy atom. The molecule has 0 fully saturated rings. The van der Waals surface area contributed by atoms with Crippen molar-refractivity contribution < 1.29 is 13.2 Å². The summed E-state index contributed by atoms with van der Waals surface area (Å²) in [4.78, 5) is 3.75. The molecule has 0 bridgehead atoms. The Balaban J connectivity index is 2.11. The van der Waals surface area contributed by atoms with E-state index in [0.717, 1.165) is 5.56 Å². The van der Waals surface area contributed by atoms with Crippen molar-refractivity contribution >= 4 is 15.8 Å². The molecule has 2 rings (SSSR count). The molecule has 0 atom stereocenters. The van der Waals surface area contributed by atoms with Gasteiger partial charge in [-0.15, -0.1) is 0 Å². The molecule has 0 aliphatic rings. The third-order valence-electron chi connectivity index (χ3n) is 2.71. The van der Waals surface area contributed by atoms with E-state index in [9.17, 15) is 8.42 Å². The van der Waals surface area contributed by atoms with Crippen molar-refractivity contribution in [1.29, 1.82) is 0 Å². The first-order chi connectivity index (χ1) is 9.53. The quantitative estimate of drug-likeness (QED) is 0.862. The van der Waals surface area contributed by atoms with Crippen molar-refractivity contribution in [1.82, 2.24) is 9.71 Å². The average Bonchev–Trinajstić information content (AvgIpc) is 2.46. The number of benzene rings is 1. The number of hydrogen-bond donors (Lipinski definition) is 2. The molecular formula is C13H15N3O3S. The van der Waals surface area contributed by atoms with Crippen molar-refractivity contribution in [3.8, 4) is 5.75 Å². The van der Waals surface area contributed by atoms with Gasteiger partial charge in [0.15, 0.2) is 0 Å². The zero-order valence-electron chi connectivity index (χ0n) is 10.9. The molecule has 1 aromatic heterocycles. The van der Waals surface area contributed by atoms with Gasteiger partial charge in [-0.2, -0.15) is 0 Å². The molecule has 0 radical (unpaired) electrons. The third kappa shape index (κ3) is 3.25. The zero-order valence-corrected chi connectivity index (χ0v) is 11.7. The van der Waals surface area contributed by atoms with Crippen LogP contribution in [0.25, 0.3) is 0 Å². The highest BCUT2D eigenvalue weighted by Gasteiger charge is 2.17. The molecule has 1 aromatic carbocycles. The fraction of sp³-hybridized carbons (Fsp3) is 0.154. The Morgan fingerprint density at radius 2 is 1.95 bits per heavy atom. The maximum atomic E-state index is 12.1. The number of ether oxygens (including phenoxy) is 1. The van der Waals surface area contributed by atoms with Gasteiger partial charge < -0.3 is 10.5 Å². The molecule has 0 saturated carbocycles. The van der Waals surface area contributed by atoms with Crippen LogP contribution in [0.4, 0.5) is 5.82 Å². The van der Waals surface area contributed by atoms with Gasteiger partial charge in [0.2, 0.25) is 10.0 Å². The smallest absolute Gasteiger partial charge is 0.244 e. The number of nitrogen functional groups attached to an aromatic ring is 1. The zero-order chi connectivity index (χ0) is 14.6. The Hall–Kier alpha value is -2.12. The molecular weight excluding hydrogens is 278 g/mol. The topological polar surface area (TPSA) is 94.3 Å². The van der Waals surface area contributed by atoms with Crippen molar-refractivity contribution in [2.45, 2.75) is 11.4 Å². The normalized spacial score (nSPS) is 11.2. The second-order valence-corrected chi connectivity index (χ2v) is 5.79. The number of pyridine rings is 1. The predicted molar refractivity (Wildman–Crippen MR) is 75.7 cm³/mol. The molecule has 3 N–H and O–H groups in total. The first-order valence-corrected chi connectivity index (χ1v) is 7.34. The van der Waals surface area contributed by atoms with E-state index in [-0.39, 0.29) is 17.3 Å². The molecule has 2 aromatic rings. The molecule has 1 heterocycles. The maximum absolute atomic E-state index is 12.1. The molecule has 0 aliphatic heterocycles. The van der Waals surface area contributed by atoms with Gasteiger partial charge in [-0.3, -0.25) is 0 Å². The van der Waals surface area contributed by atoms with Gasteiger partial charge in [0.1, 0.15) is 16.5 Å². The SMILES string of the molecule is COc1ccc(CNS(=O)(=O)c2cccnc2N)cc1. The van der Waals surface area contributed by atoms with E-state index in [2.05, 4.69) is 9.71 Å². The number of anilines is 1. The number of sulfonamides is 1. The van der Waals surface area contributed by atoms with Gasteiger partial charge in [0.25, 0.3) is 0 Å². The summed E-state index contributed by atoms with van der Waals surface area (Å²) in [6.07, 6.45) is 1.44. The number of hydrogen-bond acceptors (Lipinski definition) is 5. The lowest BCUT2D eigenvalue weighted by atomic mass is 10.2. The van der Waals surface area contributed by atoms with E-state index >= 15 is 0 Å². The summed E-state index contributed by atoms with van der Waals surface area (Å²) in [5.41, 5.74) is 6.38. The molecule has 0 saturated heterocycles. The first kappa shape index (κ1) is 14.3. The van der Waals surface area contributed by atoms with Gasteiger partial charge in [-0.25, -0.2) is 18.1 Å². The van der Waals surface area contributed by atoms with Crippen LogP contribution in [0, 0.1) is 0 Å². The molecule has 7 heteroatoms. The minimum Gasteiger partial charge on any atom is -0.497 e. The average molecular weight is 293 g/mol. The molecule has 106 valence electrons. The number of rotatable bonds is 5. The van der Waals surface area contributed by atoms with Crippen molar-refractivity contribution in [3.63, 3.8) is 0 Å². The van der Waals surface area contributed by atoms with Crippen LogP contribution in [-0.4, -0.2) is 20.5 Å². The van der Waals surface area contributed by atoms with E-state index in [1.54, 1.807) is 31.4 Å². The van der Waals surface area contributed by atoms with E-state index in [4.69, 9.17) is 10.5 Å². The highest BCUT2D eigenvalue weighted by Crippen LogP contribution is 2.15. The van der Waals surface area contributed by atoms with Crippen LogP contribution in [0.2, 0.25) is 0 Å². The van der Waals surface area contributed by atoms with Crippen molar-refractivity contribution in [2.24, 2.45) is 0 Å². The fourth-order valence-electron chi connectivity index (χ4n) is 1.63. The van der Waals surface area contributed by atoms with Crippen molar-refractivity contribution in [3.05, 3.63) is 48.2 Å². The minimum atomic E-state index is -3.67. The van der Waals surface area contributed by atoms with Crippen LogP contribution < -0.4 is 15.2 Å². The summed E-state index contributed by atoms with van der Waals surface area (Å²) in [5.74, 6) is 0.697. The highest BCUT2D eigenvalue weighted by molar-refractivity contribution is 7.89. The van der Waals surface area contributed by atoms with Gasteiger partial charge >= 0.3 is 0 Å². The standard InChI is InChI=1S/C13H15N3O3S/c1-19-11-6-4-10(5-7-11)9-16-20(17,18)12-3-2-8-15-13(12)14/h2-8,16H,9H2,1H3,(H2,14,15). The number of nitrogens with two attached hydrogens (primary N) is 1. The second kappa shape index (κ2) is 5.89. The molecule has 0 unspecified atom stereocenters. The summed E-state index contributed by atoms with van der Waals surface area (Å²) in [6, 6.07) is 10.0. The molecule has 20 heavy (non-hydrogen) atoms. The van der Waals surface area contributed by atoms with Gasteiger partial charge in [0.05, 0.1) is 7.11 Å². The second-order valence-electron chi connectivity index (χ2n) is 4.06. The van der Waals surface area contributed by atoms with Gasteiger partial charge in [-0.05, 0) is 29.8 Å². The molecule has 6 nitrogen and oxygen atoms in total. The molecule has 0 aliphatic carbocycles. The van der Waals surface area contributed by atoms with Gasteiger partial charge in [0, 0.05) is 12.7 Å². The predicted octanol–water partition coefficient (Wildman–Crippen LogP) is 1.15. The van der Waals surface area contributed by atoms with E-state index in [1.165, 1.54) is 18.3 Å². The maximum Gasteiger partial charge on any atom is 0.244 e. The summed E-state index contributed by atoms with van der Waals surface area (Å²) in [7, 11) is -2.10. The van der Waals surface area contributed by atoms with Crippen LogP contribution >= 0.6 is 0 Å². The number of nitrogens with one attached hydrogen (secondary N) is 1. The van der Waals surface area contributed by atoms with E-state index < -0.39 is 10.0 Å². The Labute approximate surface area is 117 Å². The Bertz CT molecular complexity index is 684. The van der Waals surface area contributed by atoms with Crippen molar-refractivity contribution in [2.75, 3.05) is 12.8 Å². The summed E-state index contributed by atoms with van der Waals surface area (Å²) in [6.45, 7) is 0.167. The fourth-order valence-corrected chi connectivity index (χ4v) is 2.73. The summed E-state index contributed by atoms with van der Waals surface area (Å²) < 4.78 is 31.7. The minimum absolute atomic E-state index is 0.0188. The molecule has 0 spiro atoms. The Kier molecular flexibility index (Phi) is 4.21. The lowest BCUT2D eigenvalue weighted by Crippen LogP contribution is -2.24. The van der Waals surface area contributed by atoms with Crippen LogP contribution in [-0.2, 0) is 16.6 Å². The van der Waals surface area contributed by atoms with Crippen LogP contribution in [0.15, 0.2) is 47.5 Å². The number of aromatic nitrogens is 1. The van der Waals surface area contributed by atoms with Crippen LogP contribution in [0.3, 0.4) is 0 Å². The van der Waals surface area contributed by atoms with Crippen LogP contribution in [0.5, 0.6) is 5.75 Å². The van der Waals surface area contributed by atoms with Crippen LogP contribution in [0.1, 0.15) is 5.56 Å². The Morgan fingerprint density at radius 3 is 2.55 bits per heavy atom. The highest BCUT2D eigenvalue weighted by atomic mass is 32.2. The monoisotopic (exact) mass is 293 g/mol. The lowest BCUT2D eigenvalue weighted by Gasteiger charge is -2.08. The van der Waals surface area contributed by atoms with E-state index in [1.807, 2.05) is 0 Å². The molecule has 0 amide bonds. The van der Waals surface area contributed by atoms with E-state index in [0.29, 0.717) is 5.75 Å². The number of nitrogens with zero attached hydrogens (tertiary/aromatic N) is 1. The third-order valence-corrected chi connectivity index (χ3v) is 4.16. The van der Waals surface area contributed by atoms with Gasteiger partial charge in [-0.1, -0.05) is 12.1 Å². The number of methoxy groups -OCH3 is 1. The largest absolute Gasteiger partial charge is 0.497 e. The first-order valence-electron chi connectivity index (χ1n) is 5.86. The summed E-state index contributed by atoms with van der Waals surface area (Å²) >= 11 is 0. The lowest BCUT2D eigenvalue weighted by molar-refractivity contribution is 0.414.